The fraction of sp³-hybridized carbons (Fsp3) is 0.500. The summed E-state index contributed by atoms with van der Waals surface area (Å²) in [5, 5.41) is 9.89. The summed E-state index contributed by atoms with van der Waals surface area (Å²) in [7, 11) is 0. The fourth-order valence-electron chi connectivity index (χ4n) is 2.74. The van der Waals surface area contributed by atoms with Crippen LogP contribution in [0.3, 0.4) is 0 Å². The number of phenolic OH excluding ortho intramolecular Hbond substituents is 1. The second-order valence-corrected chi connectivity index (χ2v) is 6.49. The van der Waals surface area contributed by atoms with Gasteiger partial charge in [-0.25, -0.2) is 0 Å². The topological polar surface area (TPSA) is 46.5 Å². The van der Waals surface area contributed by atoms with Crippen molar-refractivity contribution in [1.82, 2.24) is 0 Å². The Morgan fingerprint density at radius 2 is 2.05 bits per heavy atom. The molecule has 0 bridgehead atoms. The van der Waals surface area contributed by atoms with Gasteiger partial charge >= 0.3 is 0 Å². The number of rotatable bonds is 3. The van der Waals surface area contributed by atoms with Crippen LogP contribution in [0, 0.1) is 13.8 Å². The predicted molar refractivity (Wildman–Crippen MR) is 84.2 cm³/mol. The summed E-state index contributed by atoms with van der Waals surface area (Å²) in [5.41, 5.74) is 2.94. The highest BCUT2D eigenvalue weighted by molar-refractivity contribution is 6.01. The highest BCUT2D eigenvalue weighted by atomic mass is 16.5. The van der Waals surface area contributed by atoms with E-state index in [0.29, 0.717) is 17.7 Å². The van der Waals surface area contributed by atoms with E-state index in [1.54, 1.807) is 0 Å². The number of carbonyl (C=O) groups is 1. The van der Waals surface area contributed by atoms with Crippen molar-refractivity contribution in [3.8, 4) is 11.5 Å². The lowest BCUT2D eigenvalue weighted by Crippen LogP contribution is -2.39. The van der Waals surface area contributed by atoms with Crippen LogP contribution < -0.4 is 4.74 Å². The largest absolute Gasteiger partial charge is 0.508 e. The van der Waals surface area contributed by atoms with E-state index >= 15 is 0 Å². The molecule has 1 aliphatic heterocycles. The molecular weight excluding hydrogens is 264 g/mol. The van der Waals surface area contributed by atoms with E-state index in [0.717, 1.165) is 24.0 Å². The Hall–Kier alpha value is -1.77. The minimum Gasteiger partial charge on any atom is -0.508 e. The average molecular weight is 288 g/mol. The maximum Gasteiger partial charge on any atom is 0.170 e. The molecule has 0 saturated heterocycles. The Balaban J connectivity index is 2.33. The molecule has 1 aromatic rings. The second kappa shape index (κ2) is 5.55. The molecule has 0 radical (unpaired) electrons. The zero-order valence-electron chi connectivity index (χ0n) is 13.5. The van der Waals surface area contributed by atoms with Crippen LogP contribution in [0.4, 0.5) is 0 Å². The first kappa shape index (κ1) is 15.6. The van der Waals surface area contributed by atoms with Gasteiger partial charge in [-0.05, 0) is 64.7 Å². The molecule has 21 heavy (non-hydrogen) atoms. The molecule has 1 aliphatic rings. The minimum absolute atomic E-state index is 0.0503. The van der Waals surface area contributed by atoms with Crippen LogP contribution in [0.25, 0.3) is 0 Å². The number of hydrogen-bond donors (Lipinski definition) is 1. The molecule has 114 valence electrons. The van der Waals surface area contributed by atoms with Gasteiger partial charge in [-0.2, -0.15) is 0 Å². The summed E-state index contributed by atoms with van der Waals surface area (Å²) in [6, 6.07) is 1.54. The van der Waals surface area contributed by atoms with Crippen molar-refractivity contribution in [3.63, 3.8) is 0 Å². The van der Waals surface area contributed by atoms with Gasteiger partial charge in [-0.1, -0.05) is 11.6 Å². The molecule has 0 aromatic heterocycles. The number of phenols is 1. The van der Waals surface area contributed by atoms with Crippen LogP contribution in [0.2, 0.25) is 0 Å². The molecular formula is C18H24O3. The van der Waals surface area contributed by atoms with Crippen LogP contribution in [0.15, 0.2) is 17.7 Å². The lowest BCUT2D eigenvalue weighted by molar-refractivity contribution is 0.0468. The first-order chi connectivity index (χ1) is 9.73. The summed E-state index contributed by atoms with van der Waals surface area (Å²) in [5.74, 6) is 0.854. The van der Waals surface area contributed by atoms with Gasteiger partial charge in [-0.15, -0.1) is 0 Å². The van der Waals surface area contributed by atoms with Crippen LogP contribution in [0.1, 0.15) is 61.5 Å². The van der Waals surface area contributed by atoms with Gasteiger partial charge in [0.15, 0.2) is 5.78 Å². The first-order valence-corrected chi connectivity index (χ1v) is 7.42. The van der Waals surface area contributed by atoms with Crippen molar-refractivity contribution in [1.29, 1.82) is 0 Å². The smallest absolute Gasteiger partial charge is 0.170 e. The SMILES string of the molecule is CC(C)=CCCC1(C)CC(=O)c2cc(O)c(C)c(C)c2O1. The molecule has 3 heteroatoms. The van der Waals surface area contributed by atoms with Gasteiger partial charge in [0.1, 0.15) is 17.1 Å². The Labute approximate surface area is 126 Å². The van der Waals surface area contributed by atoms with Crippen molar-refractivity contribution in [2.45, 2.75) is 59.5 Å². The Morgan fingerprint density at radius 1 is 1.38 bits per heavy atom. The second-order valence-electron chi connectivity index (χ2n) is 6.49. The van der Waals surface area contributed by atoms with Gasteiger partial charge in [0.25, 0.3) is 0 Å². The summed E-state index contributed by atoms with van der Waals surface area (Å²) in [6.45, 7) is 9.87. The summed E-state index contributed by atoms with van der Waals surface area (Å²) >= 11 is 0. The lowest BCUT2D eigenvalue weighted by Gasteiger charge is -2.36. The van der Waals surface area contributed by atoms with Crippen molar-refractivity contribution < 1.29 is 14.6 Å². The quantitative estimate of drug-likeness (QED) is 0.834. The molecule has 0 spiro atoms. The van der Waals surface area contributed by atoms with Gasteiger partial charge < -0.3 is 9.84 Å². The predicted octanol–water partition coefficient (Wildman–Crippen LogP) is 4.48. The molecule has 0 fully saturated rings. The molecule has 0 aliphatic carbocycles. The Morgan fingerprint density at radius 3 is 2.67 bits per heavy atom. The van der Waals surface area contributed by atoms with Crippen LogP contribution in [-0.4, -0.2) is 16.5 Å². The normalized spacial score (nSPS) is 20.7. The van der Waals surface area contributed by atoms with E-state index in [2.05, 4.69) is 19.9 Å². The number of allylic oxidation sites excluding steroid dienone is 2. The number of ketones is 1. The zero-order chi connectivity index (χ0) is 15.8. The molecule has 3 nitrogen and oxygen atoms in total. The molecule has 0 saturated carbocycles. The lowest BCUT2D eigenvalue weighted by atomic mass is 9.86. The van der Waals surface area contributed by atoms with E-state index in [1.807, 2.05) is 20.8 Å². The van der Waals surface area contributed by atoms with Gasteiger partial charge in [0, 0.05) is 0 Å². The third-order valence-corrected chi connectivity index (χ3v) is 4.22. The maximum absolute atomic E-state index is 12.4. The molecule has 1 aromatic carbocycles. The van der Waals surface area contributed by atoms with Gasteiger partial charge in [0.05, 0.1) is 12.0 Å². The fourth-order valence-corrected chi connectivity index (χ4v) is 2.74. The minimum atomic E-state index is -0.468. The first-order valence-electron chi connectivity index (χ1n) is 7.42. The standard InChI is InChI=1S/C18H24O3/c1-11(2)7-6-8-18(5)10-16(20)14-9-15(19)12(3)13(4)17(14)21-18/h7,9,19H,6,8,10H2,1-5H3. The molecule has 1 unspecified atom stereocenters. The zero-order valence-corrected chi connectivity index (χ0v) is 13.5. The number of fused-ring (bicyclic) bond motifs is 1. The molecule has 2 rings (SSSR count). The van der Waals surface area contributed by atoms with E-state index in [9.17, 15) is 9.90 Å². The van der Waals surface area contributed by atoms with Crippen molar-refractivity contribution in [2.75, 3.05) is 0 Å². The third kappa shape index (κ3) is 3.12. The third-order valence-electron chi connectivity index (χ3n) is 4.22. The monoisotopic (exact) mass is 288 g/mol. The van der Waals surface area contributed by atoms with E-state index in [4.69, 9.17) is 4.74 Å². The van der Waals surface area contributed by atoms with Crippen molar-refractivity contribution >= 4 is 5.78 Å². The van der Waals surface area contributed by atoms with Crippen LogP contribution in [-0.2, 0) is 0 Å². The van der Waals surface area contributed by atoms with E-state index in [-0.39, 0.29) is 11.5 Å². The average Bonchev–Trinajstić information content (AvgIpc) is 2.37. The van der Waals surface area contributed by atoms with E-state index in [1.165, 1.54) is 11.6 Å². The molecule has 0 amide bonds. The Bertz CT molecular complexity index is 609. The van der Waals surface area contributed by atoms with Crippen molar-refractivity contribution in [3.05, 3.63) is 34.4 Å². The van der Waals surface area contributed by atoms with Gasteiger partial charge in [0.2, 0.25) is 0 Å². The summed E-state index contributed by atoms with van der Waals surface area (Å²) in [6.07, 6.45) is 4.24. The van der Waals surface area contributed by atoms with Crippen LogP contribution in [0.5, 0.6) is 11.5 Å². The summed E-state index contributed by atoms with van der Waals surface area (Å²) in [4.78, 5) is 12.4. The highest BCUT2D eigenvalue weighted by Gasteiger charge is 2.37. The number of carbonyl (C=O) groups excluding carboxylic acids is 1. The number of aromatic hydroxyl groups is 1. The molecule has 1 atom stereocenters. The Kier molecular flexibility index (Phi) is 4.13. The van der Waals surface area contributed by atoms with Gasteiger partial charge in [-0.3, -0.25) is 4.79 Å². The number of hydrogen-bond acceptors (Lipinski definition) is 3. The number of Topliss-reactive ketones (excluding diaryl/α,β-unsaturated/α-hetero) is 1. The summed E-state index contributed by atoms with van der Waals surface area (Å²) < 4.78 is 6.18. The molecule has 1 N–H and O–H groups in total. The number of ether oxygens (including phenoxy) is 1. The maximum atomic E-state index is 12.4. The van der Waals surface area contributed by atoms with Crippen molar-refractivity contribution in [2.24, 2.45) is 0 Å². The van der Waals surface area contributed by atoms with Crippen LogP contribution >= 0.6 is 0 Å². The molecule has 1 heterocycles. The number of benzene rings is 1. The highest BCUT2D eigenvalue weighted by Crippen LogP contribution is 2.41. The van der Waals surface area contributed by atoms with E-state index < -0.39 is 5.60 Å².